The van der Waals surface area contributed by atoms with E-state index in [1.807, 2.05) is 51.1 Å². The van der Waals surface area contributed by atoms with Gasteiger partial charge in [-0.15, -0.1) is 0 Å². The SMILES string of the molecule is Cc1cnccc1-c1cccc(C(C)(C)N(CCCNS(=O)(=O)CCN)S(=O)(=O)c2cccc(Cl)c2C)c1. The average molecular weight is 579 g/mol. The van der Waals surface area contributed by atoms with Crippen LogP contribution in [0.5, 0.6) is 0 Å². The third-order valence-electron chi connectivity index (χ3n) is 6.56. The first-order valence-electron chi connectivity index (χ1n) is 12.3. The first kappa shape index (κ1) is 30.2. The maximum absolute atomic E-state index is 14.1. The molecule has 206 valence electrons. The number of nitrogens with one attached hydrogen (secondary N) is 1. The van der Waals surface area contributed by atoms with Crippen LogP contribution in [0.15, 0.2) is 65.8 Å². The second kappa shape index (κ2) is 12.2. The quantitative estimate of drug-likeness (QED) is 0.310. The molecule has 0 atom stereocenters. The molecule has 0 aliphatic carbocycles. The fourth-order valence-corrected chi connectivity index (χ4v) is 7.57. The molecule has 0 saturated heterocycles. The number of pyridine rings is 1. The summed E-state index contributed by atoms with van der Waals surface area (Å²) in [6.45, 7) is 7.51. The van der Waals surface area contributed by atoms with Crippen molar-refractivity contribution in [1.29, 1.82) is 0 Å². The van der Waals surface area contributed by atoms with Crippen molar-refractivity contribution in [3.05, 3.63) is 82.6 Å². The fourth-order valence-electron chi connectivity index (χ4n) is 4.37. The van der Waals surface area contributed by atoms with Crippen LogP contribution in [-0.4, -0.2) is 51.5 Å². The van der Waals surface area contributed by atoms with E-state index in [4.69, 9.17) is 17.3 Å². The lowest BCUT2D eigenvalue weighted by Crippen LogP contribution is -2.47. The molecule has 2 aromatic carbocycles. The Morgan fingerprint density at radius 3 is 2.45 bits per heavy atom. The highest BCUT2D eigenvalue weighted by atomic mass is 35.5. The summed E-state index contributed by atoms with van der Waals surface area (Å²) in [7, 11) is -7.55. The summed E-state index contributed by atoms with van der Waals surface area (Å²) in [5, 5.41) is 0.355. The van der Waals surface area contributed by atoms with Gasteiger partial charge in [0.05, 0.1) is 16.2 Å². The Kier molecular flexibility index (Phi) is 9.72. The number of benzene rings is 2. The van der Waals surface area contributed by atoms with E-state index in [-0.39, 0.29) is 36.7 Å². The van der Waals surface area contributed by atoms with Crippen molar-refractivity contribution >= 4 is 31.6 Å². The van der Waals surface area contributed by atoms with Crippen molar-refractivity contribution in [1.82, 2.24) is 14.0 Å². The molecule has 1 heterocycles. The molecular weight excluding hydrogens is 544 g/mol. The first-order valence-corrected chi connectivity index (χ1v) is 15.7. The number of sulfonamides is 2. The standard InChI is InChI=1S/C27H35ClN4O4S2/c1-20-19-30-15-12-24(20)22-8-5-9-23(18-22)27(3,4)32(16-7-14-31-37(33,34)17-13-29)38(35,36)26-11-6-10-25(28)21(26)2/h5-6,8-12,15,18-19,31H,7,13-14,16-17,29H2,1-4H3. The van der Waals surface area contributed by atoms with E-state index in [9.17, 15) is 16.8 Å². The Labute approximate surface area is 231 Å². The van der Waals surface area contributed by atoms with Gasteiger partial charge in [0.2, 0.25) is 20.0 Å². The van der Waals surface area contributed by atoms with E-state index in [2.05, 4.69) is 9.71 Å². The maximum Gasteiger partial charge on any atom is 0.244 e. The molecule has 3 N–H and O–H groups in total. The van der Waals surface area contributed by atoms with Gasteiger partial charge in [0.1, 0.15) is 0 Å². The number of nitrogens with zero attached hydrogens (tertiary/aromatic N) is 2. The van der Waals surface area contributed by atoms with Crippen LogP contribution in [0.25, 0.3) is 11.1 Å². The van der Waals surface area contributed by atoms with Crippen LogP contribution < -0.4 is 10.5 Å². The summed E-state index contributed by atoms with van der Waals surface area (Å²) in [6.07, 6.45) is 3.78. The van der Waals surface area contributed by atoms with E-state index in [0.717, 1.165) is 22.3 Å². The van der Waals surface area contributed by atoms with Crippen LogP contribution in [0.2, 0.25) is 5.02 Å². The van der Waals surface area contributed by atoms with E-state index < -0.39 is 25.6 Å². The zero-order valence-electron chi connectivity index (χ0n) is 22.1. The number of hydrogen-bond donors (Lipinski definition) is 2. The molecule has 1 aromatic heterocycles. The number of aryl methyl sites for hydroxylation is 1. The van der Waals surface area contributed by atoms with Crippen molar-refractivity contribution in [2.24, 2.45) is 5.73 Å². The molecule has 0 spiro atoms. The smallest absolute Gasteiger partial charge is 0.244 e. The van der Waals surface area contributed by atoms with Crippen molar-refractivity contribution in [2.45, 2.75) is 44.6 Å². The Morgan fingerprint density at radius 2 is 1.76 bits per heavy atom. The molecule has 0 aliphatic rings. The Hall–Kier alpha value is -2.34. The molecule has 0 aliphatic heterocycles. The van der Waals surface area contributed by atoms with Crippen LogP contribution in [-0.2, 0) is 25.6 Å². The summed E-state index contributed by atoms with van der Waals surface area (Å²) in [6, 6.07) is 14.5. The van der Waals surface area contributed by atoms with Gasteiger partial charge in [0.15, 0.2) is 0 Å². The van der Waals surface area contributed by atoms with Crippen LogP contribution in [0.1, 0.15) is 37.0 Å². The van der Waals surface area contributed by atoms with Crippen molar-refractivity contribution in [2.75, 3.05) is 25.4 Å². The molecule has 0 amide bonds. The van der Waals surface area contributed by atoms with E-state index >= 15 is 0 Å². The zero-order valence-corrected chi connectivity index (χ0v) is 24.5. The van der Waals surface area contributed by atoms with Gasteiger partial charge in [-0.05, 0) is 86.2 Å². The van der Waals surface area contributed by atoms with Crippen LogP contribution >= 0.6 is 11.6 Å². The van der Waals surface area contributed by atoms with Crippen LogP contribution in [0.3, 0.4) is 0 Å². The van der Waals surface area contributed by atoms with Gasteiger partial charge in [-0.25, -0.2) is 21.6 Å². The topological polar surface area (TPSA) is 122 Å². The molecule has 0 radical (unpaired) electrons. The Morgan fingerprint density at radius 1 is 1.05 bits per heavy atom. The molecule has 0 bridgehead atoms. The van der Waals surface area contributed by atoms with Gasteiger partial charge >= 0.3 is 0 Å². The minimum Gasteiger partial charge on any atom is -0.329 e. The van der Waals surface area contributed by atoms with Crippen molar-refractivity contribution in [3.8, 4) is 11.1 Å². The highest BCUT2D eigenvalue weighted by molar-refractivity contribution is 7.89. The number of halogens is 1. The number of nitrogens with two attached hydrogens (primary N) is 1. The van der Waals surface area contributed by atoms with Gasteiger partial charge < -0.3 is 5.73 Å². The van der Waals surface area contributed by atoms with Gasteiger partial charge in [-0.1, -0.05) is 35.9 Å². The van der Waals surface area contributed by atoms with Crippen molar-refractivity contribution in [3.63, 3.8) is 0 Å². The second-order valence-electron chi connectivity index (χ2n) is 9.63. The average Bonchev–Trinajstić information content (AvgIpc) is 2.85. The molecule has 0 fully saturated rings. The van der Waals surface area contributed by atoms with Gasteiger partial charge in [-0.2, -0.15) is 4.31 Å². The monoisotopic (exact) mass is 578 g/mol. The highest BCUT2D eigenvalue weighted by Gasteiger charge is 2.39. The third kappa shape index (κ3) is 6.80. The molecule has 0 unspecified atom stereocenters. The van der Waals surface area contributed by atoms with E-state index in [0.29, 0.717) is 10.6 Å². The normalized spacial score (nSPS) is 12.7. The predicted molar refractivity (Wildman–Crippen MR) is 153 cm³/mol. The summed E-state index contributed by atoms with van der Waals surface area (Å²) in [5.74, 6) is -0.191. The lowest BCUT2D eigenvalue weighted by molar-refractivity contribution is 0.228. The second-order valence-corrected chi connectivity index (χ2v) is 13.8. The zero-order chi connectivity index (χ0) is 28.1. The van der Waals surface area contributed by atoms with Gasteiger partial charge in [0.25, 0.3) is 0 Å². The molecule has 0 saturated carbocycles. The fraction of sp³-hybridized carbons (Fsp3) is 0.370. The lowest BCUT2D eigenvalue weighted by Gasteiger charge is -2.38. The highest BCUT2D eigenvalue weighted by Crippen LogP contribution is 2.37. The Bertz CT molecular complexity index is 1490. The number of aromatic nitrogens is 1. The molecule has 38 heavy (non-hydrogen) atoms. The minimum atomic E-state index is -4.03. The van der Waals surface area contributed by atoms with Crippen LogP contribution in [0, 0.1) is 13.8 Å². The number of hydrogen-bond acceptors (Lipinski definition) is 6. The minimum absolute atomic E-state index is 0.00417. The largest absolute Gasteiger partial charge is 0.329 e. The summed E-state index contributed by atoms with van der Waals surface area (Å²) >= 11 is 6.29. The Balaban J connectivity index is 2.04. The number of rotatable bonds is 12. The van der Waals surface area contributed by atoms with E-state index in [1.165, 1.54) is 4.31 Å². The molecule has 11 heteroatoms. The van der Waals surface area contributed by atoms with Crippen LogP contribution in [0.4, 0.5) is 0 Å². The summed E-state index contributed by atoms with van der Waals surface area (Å²) in [4.78, 5) is 4.28. The molecular formula is C27H35ClN4O4S2. The summed E-state index contributed by atoms with van der Waals surface area (Å²) < 4.78 is 56.3. The first-order chi connectivity index (χ1) is 17.8. The predicted octanol–water partition coefficient (Wildman–Crippen LogP) is 4.21. The lowest BCUT2D eigenvalue weighted by atomic mass is 9.90. The maximum atomic E-state index is 14.1. The summed E-state index contributed by atoms with van der Waals surface area (Å²) in [5.41, 5.74) is 8.60. The van der Waals surface area contributed by atoms with E-state index in [1.54, 1.807) is 37.5 Å². The van der Waals surface area contributed by atoms with Gasteiger partial charge in [-0.3, -0.25) is 4.98 Å². The molecule has 8 nitrogen and oxygen atoms in total. The third-order valence-corrected chi connectivity index (χ3v) is 10.6. The van der Waals surface area contributed by atoms with Crippen molar-refractivity contribution < 1.29 is 16.8 Å². The molecule has 3 rings (SSSR count). The van der Waals surface area contributed by atoms with Gasteiger partial charge in [0, 0.05) is 37.1 Å². The molecule has 3 aromatic rings.